The zero-order chi connectivity index (χ0) is 18.9. The molecule has 4 heteroatoms. The van der Waals surface area contributed by atoms with Gasteiger partial charge in [-0.25, -0.2) is 0 Å². The summed E-state index contributed by atoms with van der Waals surface area (Å²) in [5, 5.41) is 15.2. The van der Waals surface area contributed by atoms with Crippen LogP contribution in [0.2, 0.25) is 0 Å². The molecule has 0 unspecified atom stereocenters. The molecule has 1 aromatic rings. The number of allylic oxidation sites excluding steroid dienone is 1. The number of carbonyl (C=O) groups excluding carboxylic acids is 1. The Kier molecular flexibility index (Phi) is 7.49. The molecule has 4 nitrogen and oxygen atoms in total. The van der Waals surface area contributed by atoms with Gasteiger partial charge in [0.05, 0.1) is 0 Å². The molecular formula is C23H33N3O. The van der Waals surface area contributed by atoms with Gasteiger partial charge in [0.2, 0.25) is 0 Å². The molecule has 1 aromatic carbocycles. The molecule has 0 aliphatic heterocycles. The van der Waals surface area contributed by atoms with E-state index in [1.54, 1.807) is 0 Å². The fourth-order valence-electron chi connectivity index (χ4n) is 4.18. The number of hydrogen-bond acceptors (Lipinski definition) is 3. The van der Waals surface area contributed by atoms with Gasteiger partial charge in [-0.05, 0) is 44.1 Å². The second-order valence-electron chi connectivity index (χ2n) is 7.89. The van der Waals surface area contributed by atoms with Gasteiger partial charge >= 0.3 is 0 Å². The van der Waals surface area contributed by atoms with E-state index < -0.39 is 0 Å². The van der Waals surface area contributed by atoms with Crippen molar-refractivity contribution in [1.29, 1.82) is 5.41 Å². The molecule has 3 N–H and O–H groups in total. The monoisotopic (exact) mass is 367 g/mol. The van der Waals surface area contributed by atoms with E-state index in [9.17, 15) is 4.79 Å². The summed E-state index contributed by atoms with van der Waals surface area (Å²) in [5.41, 5.74) is 3.40. The smallest absolute Gasteiger partial charge is 0.269 e. The van der Waals surface area contributed by atoms with Crippen molar-refractivity contribution in [3.8, 4) is 0 Å². The molecule has 0 heterocycles. The van der Waals surface area contributed by atoms with Crippen LogP contribution in [-0.2, 0) is 11.3 Å². The third-order valence-corrected chi connectivity index (χ3v) is 5.79. The van der Waals surface area contributed by atoms with E-state index >= 15 is 0 Å². The first-order valence-electron chi connectivity index (χ1n) is 10.6. The fraction of sp³-hybridized carbons (Fsp3) is 0.565. The first kappa shape index (κ1) is 19.7. The van der Waals surface area contributed by atoms with Gasteiger partial charge in [0, 0.05) is 23.9 Å². The molecule has 146 valence electrons. The second-order valence-corrected chi connectivity index (χ2v) is 7.89. The largest absolute Gasteiger partial charge is 0.384 e. The molecule has 0 aromatic heterocycles. The Bertz CT molecular complexity index is 657. The topological polar surface area (TPSA) is 65.0 Å². The van der Waals surface area contributed by atoms with Crippen LogP contribution in [-0.4, -0.2) is 17.7 Å². The Hall–Kier alpha value is -2.10. The summed E-state index contributed by atoms with van der Waals surface area (Å²) in [6.07, 6.45) is 12.3. The maximum Gasteiger partial charge on any atom is 0.269 e. The molecule has 1 fully saturated rings. The molecule has 2 aliphatic carbocycles. The number of hydrogen-bond donors (Lipinski definition) is 3. The Morgan fingerprint density at radius 1 is 0.926 bits per heavy atom. The molecule has 0 atom stereocenters. The Labute approximate surface area is 163 Å². The van der Waals surface area contributed by atoms with E-state index in [1.165, 1.54) is 37.7 Å². The van der Waals surface area contributed by atoms with Gasteiger partial charge in [-0.15, -0.1) is 0 Å². The molecule has 0 bridgehead atoms. The average molecular weight is 368 g/mol. The van der Waals surface area contributed by atoms with Gasteiger partial charge < -0.3 is 10.6 Å². The summed E-state index contributed by atoms with van der Waals surface area (Å²) in [6, 6.07) is 10.5. The van der Waals surface area contributed by atoms with Gasteiger partial charge in [0.25, 0.3) is 5.91 Å². The van der Waals surface area contributed by atoms with Gasteiger partial charge in [0.1, 0.15) is 5.71 Å². The number of benzene rings is 1. The predicted molar refractivity (Wildman–Crippen MR) is 111 cm³/mol. The van der Waals surface area contributed by atoms with Gasteiger partial charge in [-0.2, -0.15) is 0 Å². The van der Waals surface area contributed by atoms with Crippen LogP contribution in [0.5, 0.6) is 0 Å². The first-order valence-corrected chi connectivity index (χ1v) is 10.6. The number of nitrogens with one attached hydrogen (secondary N) is 3. The molecule has 3 rings (SSSR count). The first-order chi connectivity index (χ1) is 13.2. The fourth-order valence-corrected chi connectivity index (χ4v) is 4.18. The third-order valence-electron chi connectivity index (χ3n) is 5.79. The van der Waals surface area contributed by atoms with Crippen LogP contribution in [0, 0.1) is 5.41 Å². The molecular weight excluding hydrogens is 334 g/mol. The molecule has 27 heavy (non-hydrogen) atoms. The number of carbonyl (C=O) groups is 1. The zero-order valence-corrected chi connectivity index (χ0v) is 16.4. The lowest BCUT2D eigenvalue weighted by molar-refractivity contribution is -0.115. The summed E-state index contributed by atoms with van der Waals surface area (Å²) in [7, 11) is 0. The maximum absolute atomic E-state index is 12.7. The Morgan fingerprint density at radius 3 is 2.33 bits per heavy atom. The highest BCUT2D eigenvalue weighted by molar-refractivity contribution is 6.44. The van der Waals surface area contributed by atoms with Gasteiger partial charge in [-0.3, -0.25) is 10.2 Å². The highest BCUT2D eigenvalue weighted by atomic mass is 16.1. The number of rotatable bonds is 6. The van der Waals surface area contributed by atoms with E-state index in [-0.39, 0.29) is 17.7 Å². The van der Waals surface area contributed by atoms with Crippen LogP contribution in [0.3, 0.4) is 0 Å². The quantitative estimate of drug-likeness (QED) is 0.629. The average Bonchev–Trinajstić information content (AvgIpc) is 2.68. The van der Waals surface area contributed by atoms with Gasteiger partial charge in [-0.1, -0.05) is 62.4 Å². The summed E-state index contributed by atoms with van der Waals surface area (Å²) in [5.74, 6) is -0.184. The van der Waals surface area contributed by atoms with Crippen LogP contribution < -0.4 is 10.6 Å². The van der Waals surface area contributed by atoms with E-state index in [1.807, 2.05) is 18.2 Å². The lowest BCUT2D eigenvalue weighted by Gasteiger charge is -2.24. The van der Waals surface area contributed by atoms with Crippen LogP contribution in [0.1, 0.15) is 76.2 Å². The second kappa shape index (κ2) is 10.3. The minimum absolute atomic E-state index is 0.173. The van der Waals surface area contributed by atoms with Crippen LogP contribution >= 0.6 is 0 Å². The molecule has 1 amide bonds. The van der Waals surface area contributed by atoms with Gasteiger partial charge in [0.15, 0.2) is 0 Å². The lowest BCUT2D eigenvalue weighted by atomic mass is 9.91. The van der Waals surface area contributed by atoms with E-state index in [2.05, 4.69) is 22.8 Å². The standard InChI is InChI=1S/C23H33N3O/c24-22(23(27)26-19-13-7-2-1-3-8-14-19)20-15-9-10-16-21(20)25-17-18-11-5-4-6-12-18/h4-6,11-12,19,24-25H,1-3,7-10,13-17H2,(H,26,27). The summed E-state index contributed by atoms with van der Waals surface area (Å²) in [6.45, 7) is 0.747. The Morgan fingerprint density at radius 2 is 1.59 bits per heavy atom. The molecule has 2 aliphatic rings. The molecule has 0 saturated heterocycles. The normalized spacial score (nSPS) is 19.1. The zero-order valence-electron chi connectivity index (χ0n) is 16.4. The summed E-state index contributed by atoms with van der Waals surface area (Å²) in [4.78, 5) is 12.7. The van der Waals surface area contributed by atoms with Crippen molar-refractivity contribution < 1.29 is 4.79 Å². The van der Waals surface area contributed by atoms with E-state index in [0.717, 1.165) is 56.3 Å². The number of amides is 1. The van der Waals surface area contributed by atoms with Crippen molar-refractivity contribution in [2.24, 2.45) is 0 Å². The lowest BCUT2D eigenvalue weighted by Crippen LogP contribution is -2.40. The summed E-state index contributed by atoms with van der Waals surface area (Å²) >= 11 is 0. The Balaban J connectivity index is 1.62. The van der Waals surface area contributed by atoms with Crippen LogP contribution in [0.4, 0.5) is 0 Å². The van der Waals surface area contributed by atoms with Crippen molar-refractivity contribution in [3.05, 3.63) is 47.2 Å². The minimum Gasteiger partial charge on any atom is -0.384 e. The van der Waals surface area contributed by atoms with Crippen molar-refractivity contribution in [2.45, 2.75) is 83.2 Å². The van der Waals surface area contributed by atoms with E-state index in [4.69, 9.17) is 5.41 Å². The van der Waals surface area contributed by atoms with E-state index in [0.29, 0.717) is 0 Å². The maximum atomic E-state index is 12.7. The molecule has 1 saturated carbocycles. The van der Waals surface area contributed by atoms with Crippen LogP contribution in [0.15, 0.2) is 41.6 Å². The highest BCUT2D eigenvalue weighted by Crippen LogP contribution is 2.25. The van der Waals surface area contributed by atoms with Crippen LogP contribution in [0.25, 0.3) is 0 Å². The van der Waals surface area contributed by atoms with Crippen molar-refractivity contribution in [3.63, 3.8) is 0 Å². The molecule has 0 spiro atoms. The highest BCUT2D eigenvalue weighted by Gasteiger charge is 2.23. The van der Waals surface area contributed by atoms with Crippen molar-refractivity contribution in [2.75, 3.05) is 0 Å². The third kappa shape index (κ3) is 5.95. The SMILES string of the molecule is N=C(C(=O)NC1CCCCCCC1)C1=C(NCc2ccccc2)CCCC1. The summed E-state index contributed by atoms with van der Waals surface area (Å²) < 4.78 is 0. The molecule has 0 radical (unpaired) electrons. The minimum atomic E-state index is -0.184. The van der Waals surface area contributed by atoms with Crippen molar-refractivity contribution >= 4 is 11.6 Å². The van der Waals surface area contributed by atoms with Crippen molar-refractivity contribution in [1.82, 2.24) is 10.6 Å². The predicted octanol–water partition coefficient (Wildman–Crippen LogP) is 4.85.